The molecule has 0 spiro atoms. The molecule has 0 aliphatic carbocycles. The Labute approximate surface area is 305 Å². The van der Waals surface area contributed by atoms with E-state index in [1.165, 1.54) is 0 Å². The summed E-state index contributed by atoms with van der Waals surface area (Å²) in [5.41, 5.74) is 5.02. The second-order valence-electron chi connectivity index (χ2n) is 13.0. The summed E-state index contributed by atoms with van der Waals surface area (Å²) in [7, 11) is 0. The summed E-state index contributed by atoms with van der Waals surface area (Å²) in [5.74, 6) is 0. The molecule has 0 saturated carbocycles. The zero-order chi connectivity index (χ0) is 40.4. The highest BCUT2D eigenvalue weighted by Gasteiger charge is 2.19. The van der Waals surface area contributed by atoms with Crippen molar-refractivity contribution < 1.29 is 15.4 Å². The maximum absolute atomic E-state index is 9.45. The molecule has 11 rings (SSSR count). The summed E-state index contributed by atoms with van der Waals surface area (Å²) in [4.78, 5) is 0. The van der Waals surface area contributed by atoms with Gasteiger partial charge in [-0.15, -0.1) is 0 Å². The third-order valence-corrected chi connectivity index (χ3v) is 10.3. The van der Waals surface area contributed by atoms with Gasteiger partial charge in [0.15, 0.2) is 0 Å². The predicted molar refractivity (Wildman–Crippen MR) is 218 cm³/mol. The van der Waals surface area contributed by atoms with E-state index in [0.29, 0.717) is 22.3 Å². The second kappa shape index (κ2) is 10.9. The van der Waals surface area contributed by atoms with Gasteiger partial charge in [0.25, 0.3) is 0 Å². The minimum atomic E-state index is -0.432. The molecule has 0 fully saturated rings. The molecule has 0 aliphatic rings. The van der Waals surface area contributed by atoms with Crippen LogP contribution in [0.1, 0.15) is 11.0 Å². The van der Waals surface area contributed by atoms with Crippen LogP contribution in [0.25, 0.3) is 109 Å². The molecule has 0 amide bonds. The predicted octanol–water partition coefficient (Wildman–Crippen LogP) is 14.4. The van der Waals surface area contributed by atoms with Gasteiger partial charge in [-0.2, -0.15) is 0 Å². The van der Waals surface area contributed by atoms with Crippen molar-refractivity contribution in [3.05, 3.63) is 182 Å². The molecule has 1 heteroatoms. The average molecular weight is 655 g/mol. The number of para-hydroxylation sites is 1. The third kappa shape index (κ3) is 4.22. The van der Waals surface area contributed by atoms with Crippen LogP contribution < -0.4 is 0 Å². The zero-order valence-corrected chi connectivity index (χ0v) is 27.1. The molecule has 0 radical (unpaired) electrons. The highest BCUT2D eigenvalue weighted by atomic mass is 16.3. The fourth-order valence-corrected chi connectivity index (χ4v) is 7.99. The summed E-state index contributed by atoms with van der Waals surface area (Å²) in [6.07, 6.45) is 0. The Balaban J connectivity index is 1.28. The van der Waals surface area contributed by atoms with Crippen molar-refractivity contribution in [2.45, 2.75) is 0 Å². The second-order valence-corrected chi connectivity index (χ2v) is 13.0. The van der Waals surface area contributed by atoms with Gasteiger partial charge in [-0.25, -0.2) is 0 Å². The lowest BCUT2D eigenvalue weighted by Crippen LogP contribution is -1.91. The van der Waals surface area contributed by atoms with Crippen molar-refractivity contribution in [2.75, 3.05) is 0 Å². The lowest BCUT2D eigenvalue weighted by molar-refractivity contribution is 0.670. The molecule has 51 heavy (non-hydrogen) atoms. The van der Waals surface area contributed by atoms with E-state index >= 15 is 0 Å². The first kappa shape index (κ1) is 21.4. The molecule has 1 heterocycles. The van der Waals surface area contributed by atoms with Crippen LogP contribution in [0.4, 0.5) is 0 Å². The van der Waals surface area contributed by atoms with E-state index in [4.69, 9.17) is 9.90 Å². The fourth-order valence-electron chi connectivity index (χ4n) is 7.99. The average Bonchev–Trinajstić information content (AvgIpc) is 3.67. The smallest absolute Gasteiger partial charge is 0.143 e. The highest BCUT2D eigenvalue weighted by Crippen LogP contribution is 2.46. The number of benzene rings is 10. The van der Waals surface area contributed by atoms with Crippen LogP contribution >= 0.6 is 0 Å². The molecule has 236 valence electrons. The Morgan fingerprint density at radius 2 is 0.902 bits per heavy atom. The first-order valence-electron chi connectivity index (χ1n) is 20.9. The Kier molecular flexibility index (Phi) is 4.57. The van der Waals surface area contributed by atoms with Gasteiger partial charge in [0.2, 0.25) is 0 Å². The molecule has 0 saturated heterocycles. The Hall–Kier alpha value is -6.70. The largest absolute Gasteiger partial charge is 0.455 e. The molecule has 0 unspecified atom stereocenters. The molecule has 0 atom stereocenters. The summed E-state index contributed by atoms with van der Waals surface area (Å²) in [5, 5.41) is 8.56. The minimum Gasteiger partial charge on any atom is -0.455 e. The maximum Gasteiger partial charge on any atom is 0.143 e. The molecular weight excluding hydrogens is 617 g/mol. The van der Waals surface area contributed by atoms with Crippen molar-refractivity contribution in [1.82, 2.24) is 0 Å². The van der Waals surface area contributed by atoms with Crippen LogP contribution in [-0.2, 0) is 0 Å². The Bertz CT molecular complexity index is 3580. The maximum atomic E-state index is 9.45. The molecule has 0 aliphatic heterocycles. The number of hydrogen-bond acceptors (Lipinski definition) is 1. The summed E-state index contributed by atoms with van der Waals surface area (Å²) >= 11 is 0. The van der Waals surface area contributed by atoms with Crippen molar-refractivity contribution in [2.24, 2.45) is 0 Å². The van der Waals surface area contributed by atoms with E-state index in [1.807, 2.05) is 109 Å². The van der Waals surface area contributed by atoms with E-state index in [2.05, 4.69) is 24.3 Å². The lowest BCUT2D eigenvalue weighted by Gasteiger charge is -2.18. The zero-order valence-electron chi connectivity index (χ0n) is 35.1. The lowest BCUT2D eigenvalue weighted by atomic mass is 9.85. The van der Waals surface area contributed by atoms with Gasteiger partial charge in [-0.1, -0.05) is 164 Å². The summed E-state index contributed by atoms with van der Waals surface area (Å²) in [6, 6.07) is 40.8. The molecular formula is C50H30O. The van der Waals surface area contributed by atoms with Gasteiger partial charge in [0, 0.05) is 16.3 Å². The molecule has 0 bridgehead atoms. The van der Waals surface area contributed by atoms with E-state index in [1.54, 1.807) is 0 Å². The van der Waals surface area contributed by atoms with Crippen LogP contribution in [-0.4, -0.2) is 0 Å². The van der Waals surface area contributed by atoms with Gasteiger partial charge < -0.3 is 4.42 Å². The fraction of sp³-hybridized carbons (Fsp3) is 0. The molecule has 1 aromatic heterocycles. The van der Waals surface area contributed by atoms with Crippen LogP contribution in [0, 0.1) is 0 Å². The number of rotatable bonds is 3. The highest BCUT2D eigenvalue weighted by molar-refractivity contribution is 6.23. The number of fused-ring (bicyclic) bond motifs is 9. The third-order valence-electron chi connectivity index (χ3n) is 10.3. The van der Waals surface area contributed by atoms with Crippen molar-refractivity contribution in [1.29, 1.82) is 0 Å². The van der Waals surface area contributed by atoms with E-state index in [0.717, 1.165) is 65.4 Å². The standard InChI is InChI=1S/C50H30O/c1-2-13-34-29-35(25-23-31(34)11-1)47-39-16-5-7-18-41(39)48(42-19-8-6-17-40(42)47)36-26-24-33-14-9-20-38(45(33)30-36)43-21-10-22-44-49-37-15-4-3-12-32(37)27-28-46(49)51-50(43)44/h1-30H/i5D,6D,7D,8D,16D,17D,18D,19D. The monoisotopic (exact) mass is 654 g/mol. The van der Waals surface area contributed by atoms with Crippen molar-refractivity contribution in [3.63, 3.8) is 0 Å². The van der Waals surface area contributed by atoms with Crippen molar-refractivity contribution >= 4 is 75.8 Å². The molecule has 11 aromatic rings. The number of furan rings is 1. The number of hydrogen-bond donors (Lipinski definition) is 0. The SMILES string of the molecule is [2H]c1c([2H])c([2H])c2c(-c3ccc4cccc(-c5cccc6c5oc5ccc7ccccc7c56)c4c3)c3c([2H])c([2H])c([2H])c([2H])c3c(-c3ccc4ccccc4c3)c2c1[2H]. The normalized spacial score (nSPS) is 14.1. The molecule has 10 aromatic carbocycles. The Morgan fingerprint density at radius 1 is 0.373 bits per heavy atom. The first-order valence-corrected chi connectivity index (χ1v) is 16.9. The van der Waals surface area contributed by atoms with Crippen LogP contribution in [0.3, 0.4) is 0 Å². The minimum absolute atomic E-state index is 0.180. The van der Waals surface area contributed by atoms with E-state index in [-0.39, 0.29) is 45.7 Å². The van der Waals surface area contributed by atoms with Crippen LogP contribution in [0.5, 0.6) is 0 Å². The van der Waals surface area contributed by atoms with E-state index in [9.17, 15) is 5.48 Å². The van der Waals surface area contributed by atoms with Crippen LogP contribution in [0.2, 0.25) is 0 Å². The topological polar surface area (TPSA) is 13.1 Å². The van der Waals surface area contributed by atoms with Gasteiger partial charge in [0.1, 0.15) is 11.2 Å². The summed E-state index contributed by atoms with van der Waals surface area (Å²) < 4.78 is 79.8. The van der Waals surface area contributed by atoms with Crippen LogP contribution in [0.15, 0.2) is 186 Å². The molecule has 1 nitrogen and oxygen atoms in total. The summed E-state index contributed by atoms with van der Waals surface area (Å²) in [6.45, 7) is 0. The Morgan fingerprint density at radius 3 is 1.65 bits per heavy atom. The van der Waals surface area contributed by atoms with Gasteiger partial charge in [-0.05, 0) is 99.9 Å². The van der Waals surface area contributed by atoms with Gasteiger partial charge in [0.05, 0.1) is 11.0 Å². The van der Waals surface area contributed by atoms with Gasteiger partial charge >= 0.3 is 0 Å². The van der Waals surface area contributed by atoms with Crippen molar-refractivity contribution in [3.8, 4) is 33.4 Å². The van der Waals surface area contributed by atoms with Gasteiger partial charge in [-0.3, -0.25) is 0 Å². The molecule has 0 N–H and O–H groups in total. The first-order chi connectivity index (χ1) is 28.6. The van der Waals surface area contributed by atoms with E-state index < -0.39 is 24.2 Å². The quantitative estimate of drug-likeness (QED) is 0.173.